The van der Waals surface area contributed by atoms with E-state index in [1.165, 1.54) is 5.38 Å². The number of amides is 1. The Morgan fingerprint density at radius 1 is 1.38 bits per heavy atom. The third kappa shape index (κ3) is 4.51. The van der Waals surface area contributed by atoms with E-state index in [0.717, 1.165) is 43.1 Å². The summed E-state index contributed by atoms with van der Waals surface area (Å²) in [5.41, 5.74) is 0.0673. The van der Waals surface area contributed by atoms with Crippen molar-refractivity contribution in [3.05, 3.63) is 17.0 Å². The van der Waals surface area contributed by atoms with E-state index in [0.29, 0.717) is 0 Å². The molecule has 0 unspecified atom stereocenters. The number of ether oxygens (including phenoxy) is 1. The molecule has 0 aliphatic heterocycles. The number of hydrogen-bond donors (Lipinski definition) is 2. The summed E-state index contributed by atoms with van der Waals surface area (Å²) in [4.78, 5) is 23.3. The van der Waals surface area contributed by atoms with Crippen molar-refractivity contribution in [1.82, 2.24) is 5.32 Å². The van der Waals surface area contributed by atoms with Gasteiger partial charge in [-0.15, -0.1) is 11.3 Å². The molecular weight excluding hydrogens is 316 g/mol. The van der Waals surface area contributed by atoms with Gasteiger partial charge in [-0.2, -0.15) is 0 Å². The fourth-order valence-electron chi connectivity index (χ4n) is 2.13. The molecule has 1 heterocycles. The van der Waals surface area contributed by atoms with E-state index in [4.69, 9.17) is 9.88 Å². The molecule has 0 bridgehead atoms. The lowest BCUT2D eigenvalue weighted by molar-refractivity contribution is -0.124. The summed E-state index contributed by atoms with van der Waals surface area (Å²) in [7, 11) is -3.83. The fourth-order valence-corrected chi connectivity index (χ4v) is 3.70. The molecule has 116 valence electrons. The lowest BCUT2D eigenvalue weighted by Crippen LogP contribution is -2.35. The number of nitrogens with two attached hydrogens (primary N) is 1. The number of rotatable bonds is 5. The van der Waals surface area contributed by atoms with E-state index >= 15 is 0 Å². The molecule has 21 heavy (non-hydrogen) atoms. The van der Waals surface area contributed by atoms with Crippen LogP contribution >= 0.6 is 11.3 Å². The first-order chi connectivity index (χ1) is 9.86. The second kappa shape index (κ2) is 6.54. The molecule has 9 heteroatoms. The van der Waals surface area contributed by atoms with Crippen molar-refractivity contribution in [3.63, 3.8) is 0 Å². The molecule has 0 aromatic carbocycles. The summed E-state index contributed by atoms with van der Waals surface area (Å²) in [5.74, 6) is -1.10. The Balaban J connectivity index is 1.84. The molecule has 0 radical (unpaired) electrons. The first kappa shape index (κ1) is 15.9. The van der Waals surface area contributed by atoms with Crippen LogP contribution in [-0.2, 0) is 19.6 Å². The van der Waals surface area contributed by atoms with E-state index < -0.39 is 16.0 Å². The van der Waals surface area contributed by atoms with Crippen molar-refractivity contribution in [2.45, 2.75) is 35.9 Å². The first-order valence-corrected chi connectivity index (χ1v) is 8.86. The average Bonchev–Trinajstić information content (AvgIpc) is 3.05. The van der Waals surface area contributed by atoms with Crippen molar-refractivity contribution in [1.29, 1.82) is 0 Å². The van der Waals surface area contributed by atoms with Gasteiger partial charge in [0.05, 0.1) is 5.56 Å². The van der Waals surface area contributed by atoms with Crippen LogP contribution in [0.3, 0.4) is 0 Å². The largest absolute Gasteiger partial charge is 0.452 e. The Bertz CT molecular complexity index is 632. The summed E-state index contributed by atoms with van der Waals surface area (Å²) < 4.78 is 26.9. The minimum absolute atomic E-state index is 0.0673. The van der Waals surface area contributed by atoms with Gasteiger partial charge >= 0.3 is 5.97 Å². The van der Waals surface area contributed by atoms with Crippen LogP contribution in [0.2, 0.25) is 0 Å². The van der Waals surface area contributed by atoms with Crippen LogP contribution < -0.4 is 10.5 Å². The zero-order valence-corrected chi connectivity index (χ0v) is 12.8. The molecule has 0 saturated heterocycles. The van der Waals surface area contributed by atoms with Gasteiger partial charge in [0.15, 0.2) is 6.61 Å². The second-order valence-electron chi connectivity index (χ2n) is 4.82. The van der Waals surface area contributed by atoms with E-state index in [9.17, 15) is 18.0 Å². The third-order valence-corrected chi connectivity index (χ3v) is 5.53. The van der Waals surface area contributed by atoms with E-state index in [2.05, 4.69) is 5.32 Å². The minimum Gasteiger partial charge on any atom is -0.452 e. The number of sulfonamides is 1. The zero-order valence-electron chi connectivity index (χ0n) is 11.2. The summed E-state index contributed by atoms with van der Waals surface area (Å²) in [6.07, 6.45) is 4.08. The summed E-state index contributed by atoms with van der Waals surface area (Å²) >= 11 is 0.831. The van der Waals surface area contributed by atoms with Gasteiger partial charge in [-0.3, -0.25) is 4.79 Å². The van der Waals surface area contributed by atoms with Gasteiger partial charge in [-0.25, -0.2) is 18.4 Å². The van der Waals surface area contributed by atoms with Crippen molar-refractivity contribution in [2.24, 2.45) is 5.14 Å². The second-order valence-corrected chi connectivity index (χ2v) is 7.52. The lowest BCUT2D eigenvalue weighted by Gasteiger charge is -2.11. The van der Waals surface area contributed by atoms with Crippen LogP contribution in [0.4, 0.5) is 0 Å². The van der Waals surface area contributed by atoms with Crippen molar-refractivity contribution >= 4 is 33.2 Å². The number of carbonyl (C=O) groups excluding carboxylic acids is 2. The van der Waals surface area contributed by atoms with Crippen molar-refractivity contribution in [3.8, 4) is 0 Å². The maximum atomic E-state index is 11.7. The van der Waals surface area contributed by atoms with Crippen LogP contribution in [0.25, 0.3) is 0 Å². The maximum absolute atomic E-state index is 11.7. The van der Waals surface area contributed by atoms with Gasteiger partial charge in [-0.05, 0) is 18.9 Å². The Morgan fingerprint density at radius 3 is 2.62 bits per heavy atom. The van der Waals surface area contributed by atoms with Crippen LogP contribution in [0.5, 0.6) is 0 Å². The molecule has 1 saturated carbocycles. The molecule has 1 amide bonds. The van der Waals surface area contributed by atoms with Crippen molar-refractivity contribution in [2.75, 3.05) is 6.61 Å². The van der Waals surface area contributed by atoms with Gasteiger partial charge in [0.25, 0.3) is 5.91 Å². The molecule has 1 aliphatic carbocycles. The summed E-state index contributed by atoms with van der Waals surface area (Å²) in [6, 6.07) is 1.29. The Labute approximate surface area is 126 Å². The van der Waals surface area contributed by atoms with Gasteiger partial charge in [0, 0.05) is 11.4 Å². The monoisotopic (exact) mass is 332 g/mol. The van der Waals surface area contributed by atoms with E-state index in [1.54, 1.807) is 0 Å². The molecule has 1 aromatic rings. The Kier molecular flexibility index (Phi) is 4.96. The number of thiophene rings is 1. The number of primary sulfonamides is 1. The number of carbonyl (C=O) groups is 2. The molecule has 1 aliphatic rings. The predicted octanol–water partition coefficient (Wildman–Crippen LogP) is 0.611. The molecule has 0 atom stereocenters. The molecule has 1 fully saturated rings. The molecular formula is C12H16N2O5S2. The summed E-state index contributed by atoms with van der Waals surface area (Å²) in [5, 5.41) is 9.07. The van der Waals surface area contributed by atoms with Crippen molar-refractivity contribution < 1.29 is 22.7 Å². The van der Waals surface area contributed by atoms with Gasteiger partial charge in [-0.1, -0.05) is 12.8 Å². The quantitative estimate of drug-likeness (QED) is 0.767. The van der Waals surface area contributed by atoms with Gasteiger partial charge < -0.3 is 10.1 Å². The van der Waals surface area contributed by atoms with Crippen LogP contribution in [0, 0.1) is 0 Å². The fraction of sp³-hybridized carbons (Fsp3) is 0.500. The highest BCUT2D eigenvalue weighted by Crippen LogP contribution is 2.19. The predicted molar refractivity (Wildman–Crippen MR) is 76.4 cm³/mol. The lowest BCUT2D eigenvalue weighted by atomic mass is 10.2. The van der Waals surface area contributed by atoms with Gasteiger partial charge in [0.1, 0.15) is 4.21 Å². The highest BCUT2D eigenvalue weighted by Gasteiger charge is 2.19. The summed E-state index contributed by atoms with van der Waals surface area (Å²) in [6.45, 7) is -0.379. The topological polar surface area (TPSA) is 116 Å². The molecule has 3 N–H and O–H groups in total. The zero-order chi connectivity index (χ0) is 15.5. The van der Waals surface area contributed by atoms with Crippen LogP contribution in [0.1, 0.15) is 36.0 Å². The molecule has 2 rings (SSSR count). The standard InChI is InChI=1S/C12H16N2O5S2/c13-21(17,18)11-5-8(7-20-11)12(16)19-6-10(15)14-9-3-1-2-4-9/h5,7,9H,1-4,6H2,(H,14,15)(H2,13,17,18). The Morgan fingerprint density at radius 2 is 2.05 bits per heavy atom. The Hall–Kier alpha value is -1.45. The normalized spacial score (nSPS) is 15.9. The first-order valence-electron chi connectivity index (χ1n) is 6.44. The number of nitrogens with one attached hydrogen (secondary N) is 1. The molecule has 0 spiro atoms. The minimum atomic E-state index is -3.83. The van der Waals surface area contributed by atoms with E-state index in [-0.39, 0.29) is 28.3 Å². The number of esters is 1. The molecule has 7 nitrogen and oxygen atoms in total. The smallest absolute Gasteiger partial charge is 0.339 e. The van der Waals surface area contributed by atoms with Crippen LogP contribution in [-0.4, -0.2) is 32.9 Å². The maximum Gasteiger partial charge on any atom is 0.339 e. The highest BCUT2D eigenvalue weighted by molar-refractivity contribution is 7.91. The number of hydrogen-bond acceptors (Lipinski definition) is 6. The van der Waals surface area contributed by atoms with Crippen LogP contribution in [0.15, 0.2) is 15.7 Å². The molecule has 1 aromatic heterocycles. The van der Waals surface area contributed by atoms with Gasteiger partial charge in [0.2, 0.25) is 10.0 Å². The highest BCUT2D eigenvalue weighted by atomic mass is 32.2. The SMILES string of the molecule is NS(=O)(=O)c1cc(C(=O)OCC(=O)NC2CCCC2)cs1. The average molecular weight is 332 g/mol. The third-order valence-electron chi connectivity index (χ3n) is 3.15. The van der Waals surface area contributed by atoms with E-state index in [1.807, 2.05) is 0 Å².